The van der Waals surface area contributed by atoms with Crippen LogP contribution in [0.15, 0.2) is 24.3 Å². The predicted molar refractivity (Wildman–Crippen MR) is 108 cm³/mol. The number of fused-ring (bicyclic) bond motifs is 2. The fourth-order valence-corrected chi connectivity index (χ4v) is 4.52. The summed E-state index contributed by atoms with van der Waals surface area (Å²) in [5.41, 5.74) is 14.8. The minimum Gasteiger partial charge on any atom is -0.399 e. The number of nitrogens with two attached hydrogens (primary N) is 2. The number of Topliss-reactive ketones (excluding diaryl/α,β-unsaturated/α-hetero) is 1. The highest BCUT2D eigenvalue weighted by Crippen LogP contribution is 2.37. The van der Waals surface area contributed by atoms with Gasteiger partial charge in [0.25, 0.3) is 0 Å². The molecule has 0 fully saturated rings. The highest BCUT2D eigenvalue weighted by molar-refractivity contribution is 5.94. The van der Waals surface area contributed by atoms with Gasteiger partial charge in [-0.05, 0) is 62.1 Å². The van der Waals surface area contributed by atoms with Crippen LogP contribution in [0.3, 0.4) is 0 Å². The van der Waals surface area contributed by atoms with Gasteiger partial charge in [-0.15, -0.1) is 0 Å². The summed E-state index contributed by atoms with van der Waals surface area (Å²) in [4.78, 5) is 16.8. The molecule has 7 heteroatoms. The zero-order chi connectivity index (χ0) is 20.2. The van der Waals surface area contributed by atoms with E-state index in [2.05, 4.69) is 0 Å². The second-order valence-electron chi connectivity index (χ2n) is 7.66. The van der Waals surface area contributed by atoms with Gasteiger partial charge in [0, 0.05) is 24.5 Å². The third kappa shape index (κ3) is 2.85. The van der Waals surface area contributed by atoms with Crippen LogP contribution in [-0.4, -0.2) is 31.0 Å². The van der Waals surface area contributed by atoms with E-state index >= 15 is 0 Å². The number of nitrogen functional groups attached to an aromatic ring is 2. The fraction of sp³-hybridized carbons (Fsp3) is 0.381. The van der Waals surface area contributed by atoms with Crippen LogP contribution in [-0.2, 0) is 17.6 Å². The van der Waals surface area contributed by atoms with Crippen molar-refractivity contribution in [3.63, 3.8) is 0 Å². The Hall–Kier alpha value is -2.83. The van der Waals surface area contributed by atoms with Gasteiger partial charge in [-0.25, -0.2) is 8.78 Å². The first-order valence-corrected chi connectivity index (χ1v) is 9.50. The minimum absolute atomic E-state index is 0.0758. The summed E-state index contributed by atoms with van der Waals surface area (Å²) in [5.74, 6) is -0.895. The second kappa shape index (κ2) is 6.65. The fourth-order valence-electron chi connectivity index (χ4n) is 4.52. The summed E-state index contributed by atoms with van der Waals surface area (Å²) in [6, 6.07) is 5.03. The first-order valence-electron chi connectivity index (χ1n) is 9.50. The van der Waals surface area contributed by atoms with Crippen molar-refractivity contribution < 1.29 is 13.6 Å². The number of halogens is 2. The molecule has 2 aromatic rings. The molecule has 2 heterocycles. The second-order valence-corrected chi connectivity index (χ2v) is 7.66. The van der Waals surface area contributed by atoms with Crippen LogP contribution >= 0.6 is 0 Å². The Morgan fingerprint density at radius 3 is 1.64 bits per heavy atom. The van der Waals surface area contributed by atoms with Crippen LogP contribution in [0.25, 0.3) is 0 Å². The first-order chi connectivity index (χ1) is 13.3. The van der Waals surface area contributed by atoms with Crippen LogP contribution in [0.1, 0.15) is 25.0 Å². The van der Waals surface area contributed by atoms with E-state index in [1.54, 1.807) is 35.8 Å². The lowest BCUT2D eigenvalue weighted by Gasteiger charge is -2.33. The standard InChI is InChI=1S/C21H24F2N4O/c1-11(26-5-3-13-7-15(24)9-17(22)19(13)26)21(28)12(2)27-6-4-14-8-16(25)10-18(23)20(14)27/h7-12H,3-6,24-25H2,1-2H3. The van der Waals surface area contributed by atoms with Crippen molar-refractivity contribution in [1.29, 1.82) is 0 Å². The number of hydrogen-bond donors (Lipinski definition) is 2. The molecule has 0 radical (unpaired) electrons. The SMILES string of the molecule is CC(C(=O)C(C)N1CCc2cc(N)cc(F)c21)N1CCc2cc(N)cc(F)c21. The molecular formula is C21H24F2N4O. The maximum absolute atomic E-state index is 14.5. The number of nitrogens with zero attached hydrogens (tertiary/aromatic N) is 2. The van der Waals surface area contributed by atoms with Crippen LogP contribution in [0.4, 0.5) is 31.5 Å². The smallest absolute Gasteiger partial charge is 0.176 e. The number of hydrogen-bond acceptors (Lipinski definition) is 5. The molecule has 0 saturated heterocycles. The number of carbonyl (C=O) groups excluding carboxylic acids is 1. The van der Waals surface area contributed by atoms with E-state index in [4.69, 9.17) is 11.5 Å². The number of anilines is 4. The maximum Gasteiger partial charge on any atom is 0.176 e. The lowest BCUT2D eigenvalue weighted by molar-refractivity contribution is -0.121. The van der Waals surface area contributed by atoms with E-state index in [9.17, 15) is 13.6 Å². The Morgan fingerprint density at radius 1 is 0.857 bits per heavy atom. The number of ketones is 1. The zero-order valence-corrected chi connectivity index (χ0v) is 16.0. The third-order valence-corrected chi connectivity index (χ3v) is 5.91. The lowest BCUT2D eigenvalue weighted by Crippen LogP contribution is -2.49. The summed E-state index contributed by atoms with van der Waals surface area (Å²) in [6.07, 6.45) is 1.29. The van der Waals surface area contributed by atoms with Gasteiger partial charge < -0.3 is 21.3 Å². The number of benzene rings is 2. The molecule has 0 spiro atoms. The van der Waals surface area contributed by atoms with E-state index in [-0.39, 0.29) is 5.78 Å². The molecule has 4 rings (SSSR count). The van der Waals surface area contributed by atoms with Crippen molar-refractivity contribution in [1.82, 2.24) is 0 Å². The van der Waals surface area contributed by atoms with Gasteiger partial charge >= 0.3 is 0 Å². The molecule has 2 aromatic carbocycles. The molecule has 2 aliphatic rings. The molecule has 5 nitrogen and oxygen atoms in total. The zero-order valence-electron chi connectivity index (χ0n) is 16.0. The van der Waals surface area contributed by atoms with Crippen molar-refractivity contribution in [2.75, 3.05) is 34.4 Å². The molecule has 2 unspecified atom stereocenters. The monoisotopic (exact) mass is 386 g/mol. The highest BCUT2D eigenvalue weighted by atomic mass is 19.1. The lowest BCUT2D eigenvalue weighted by atomic mass is 10.0. The van der Waals surface area contributed by atoms with Gasteiger partial charge in [0.1, 0.15) is 11.6 Å². The van der Waals surface area contributed by atoms with Gasteiger partial charge in [-0.1, -0.05) is 0 Å². The van der Waals surface area contributed by atoms with Crippen LogP contribution in [0.5, 0.6) is 0 Å². The number of carbonyl (C=O) groups is 1. The van der Waals surface area contributed by atoms with Crippen molar-refractivity contribution in [2.45, 2.75) is 38.8 Å². The van der Waals surface area contributed by atoms with Gasteiger partial charge in [0.2, 0.25) is 0 Å². The third-order valence-electron chi connectivity index (χ3n) is 5.91. The van der Waals surface area contributed by atoms with E-state index in [0.29, 0.717) is 48.7 Å². The van der Waals surface area contributed by atoms with E-state index < -0.39 is 23.7 Å². The highest BCUT2D eigenvalue weighted by Gasteiger charge is 2.37. The summed E-state index contributed by atoms with van der Waals surface area (Å²) >= 11 is 0. The Balaban J connectivity index is 1.59. The predicted octanol–water partition coefficient (Wildman–Crippen LogP) is 2.90. The van der Waals surface area contributed by atoms with Crippen molar-refractivity contribution in [3.8, 4) is 0 Å². The average Bonchev–Trinajstić information content (AvgIpc) is 3.24. The van der Waals surface area contributed by atoms with Gasteiger partial charge in [0.15, 0.2) is 5.78 Å². The normalized spacial score (nSPS) is 17.4. The minimum atomic E-state index is -0.532. The molecule has 0 saturated carbocycles. The first kappa shape index (κ1) is 18.5. The van der Waals surface area contributed by atoms with E-state index in [1.165, 1.54) is 12.1 Å². The van der Waals surface area contributed by atoms with Gasteiger partial charge in [-0.3, -0.25) is 4.79 Å². The molecule has 0 aromatic heterocycles. The topological polar surface area (TPSA) is 75.6 Å². The molecular weight excluding hydrogens is 362 g/mol. The van der Waals surface area contributed by atoms with Crippen LogP contribution in [0.2, 0.25) is 0 Å². The summed E-state index contributed by atoms with van der Waals surface area (Å²) in [5, 5.41) is 0. The largest absolute Gasteiger partial charge is 0.399 e. The van der Waals surface area contributed by atoms with E-state index in [1.807, 2.05) is 0 Å². The van der Waals surface area contributed by atoms with Gasteiger partial charge in [-0.2, -0.15) is 0 Å². The van der Waals surface area contributed by atoms with Crippen LogP contribution < -0.4 is 21.3 Å². The summed E-state index contributed by atoms with van der Waals surface area (Å²) < 4.78 is 29.0. The molecule has 148 valence electrons. The van der Waals surface area contributed by atoms with Crippen molar-refractivity contribution in [2.24, 2.45) is 0 Å². The molecule has 0 amide bonds. The summed E-state index contributed by atoms with van der Waals surface area (Å²) in [7, 11) is 0. The quantitative estimate of drug-likeness (QED) is 0.791. The molecule has 0 aliphatic carbocycles. The Morgan fingerprint density at radius 2 is 1.25 bits per heavy atom. The molecule has 2 atom stereocenters. The number of rotatable bonds is 4. The molecule has 2 aliphatic heterocycles. The Bertz CT molecular complexity index is 886. The molecule has 0 bridgehead atoms. The van der Waals surface area contributed by atoms with E-state index in [0.717, 1.165) is 11.1 Å². The average molecular weight is 386 g/mol. The van der Waals surface area contributed by atoms with Crippen molar-refractivity contribution in [3.05, 3.63) is 47.0 Å². The Kier molecular flexibility index (Phi) is 4.40. The van der Waals surface area contributed by atoms with Gasteiger partial charge in [0.05, 0.1) is 23.5 Å². The molecule has 28 heavy (non-hydrogen) atoms. The van der Waals surface area contributed by atoms with Crippen molar-refractivity contribution >= 4 is 28.5 Å². The maximum atomic E-state index is 14.5. The molecule has 4 N–H and O–H groups in total. The summed E-state index contributed by atoms with van der Waals surface area (Å²) in [6.45, 7) is 4.66. The van der Waals surface area contributed by atoms with Crippen LogP contribution in [0, 0.1) is 11.6 Å². The Labute approximate surface area is 162 Å².